The summed E-state index contributed by atoms with van der Waals surface area (Å²) in [5, 5.41) is 0. The molecule has 1 aromatic carbocycles. The number of hydrogen-bond acceptors (Lipinski definition) is 4. The Morgan fingerprint density at radius 2 is 1.78 bits per heavy atom. The number of benzene rings is 1. The van der Waals surface area contributed by atoms with Crippen molar-refractivity contribution in [3.05, 3.63) is 23.8 Å². The molecule has 0 aromatic heterocycles. The Balaban J connectivity index is 2.77. The number of methoxy groups -OCH3 is 2. The van der Waals surface area contributed by atoms with E-state index in [1.807, 2.05) is 0 Å². The van der Waals surface area contributed by atoms with Crippen LogP contribution >= 0.6 is 0 Å². The monoisotopic (exact) mass is 252 g/mol. The van der Waals surface area contributed by atoms with Crippen molar-refractivity contribution >= 4 is 11.8 Å². The molecular weight excluding hydrogens is 236 g/mol. The van der Waals surface area contributed by atoms with Crippen LogP contribution in [0.3, 0.4) is 0 Å². The minimum absolute atomic E-state index is 0.260. The Bertz CT molecular complexity index is 446. The normalized spacial score (nSPS) is 9.50. The third kappa shape index (κ3) is 3.38. The highest BCUT2D eigenvalue weighted by Crippen LogP contribution is 2.27. The van der Waals surface area contributed by atoms with E-state index in [1.165, 1.54) is 20.3 Å². The maximum atomic E-state index is 11.7. The first-order valence-corrected chi connectivity index (χ1v) is 5.43. The number of hydrogen-bond donors (Lipinski definition) is 2. The van der Waals surface area contributed by atoms with E-state index in [0.717, 1.165) is 0 Å². The number of ether oxygens (including phenoxy) is 2. The Hall–Kier alpha value is -2.24. The molecule has 0 atom stereocenters. The van der Waals surface area contributed by atoms with Gasteiger partial charge < -0.3 is 9.47 Å². The Labute approximate surface area is 105 Å². The van der Waals surface area contributed by atoms with Gasteiger partial charge in [-0.1, -0.05) is 6.92 Å². The maximum absolute atomic E-state index is 11.7. The van der Waals surface area contributed by atoms with Crippen LogP contribution in [0.25, 0.3) is 0 Å². The number of nitrogens with one attached hydrogen (secondary N) is 2. The third-order valence-electron chi connectivity index (χ3n) is 2.28. The minimum Gasteiger partial charge on any atom is -0.493 e. The molecule has 6 nitrogen and oxygen atoms in total. The Morgan fingerprint density at radius 1 is 1.11 bits per heavy atom. The highest BCUT2D eigenvalue weighted by Gasteiger charge is 2.10. The minimum atomic E-state index is -0.419. The molecule has 0 heterocycles. The van der Waals surface area contributed by atoms with Gasteiger partial charge in [0.05, 0.1) is 14.2 Å². The summed E-state index contributed by atoms with van der Waals surface area (Å²) in [6.45, 7) is 1.69. The quantitative estimate of drug-likeness (QED) is 0.780. The summed E-state index contributed by atoms with van der Waals surface area (Å²) >= 11 is 0. The first-order chi connectivity index (χ1) is 8.62. The molecule has 0 saturated heterocycles. The number of hydrazine groups is 1. The SMILES string of the molecule is CCC(=O)NNC(=O)c1ccc(OC)c(OC)c1. The summed E-state index contributed by atoms with van der Waals surface area (Å²) in [6.07, 6.45) is 0.298. The van der Waals surface area contributed by atoms with Crippen LogP contribution in [0.15, 0.2) is 18.2 Å². The van der Waals surface area contributed by atoms with Gasteiger partial charge in [-0.2, -0.15) is 0 Å². The zero-order valence-electron chi connectivity index (χ0n) is 10.6. The highest BCUT2D eigenvalue weighted by atomic mass is 16.5. The van der Waals surface area contributed by atoms with E-state index in [-0.39, 0.29) is 5.91 Å². The van der Waals surface area contributed by atoms with Gasteiger partial charge in [-0.25, -0.2) is 0 Å². The molecule has 0 aliphatic heterocycles. The lowest BCUT2D eigenvalue weighted by Gasteiger charge is -2.10. The largest absolute Gasteiger partial charge is 0.493 e. The van der Waals surface area contributed by atoms with E-state index < -0.39 is 5.91 Å². The van der Waals surface area contributed by atoms with Gasteiger partial charge >= 0.3 is 0 Å². The fraction of sp³-hybridized carbons (Fsp3) is 0.333. The molecule has 0 spiro atoms. The number of amides is 2. The molecule has 0 fully saturated rings. The predicted molar refractivity (Wildman–Crippen MR) is 65.4 cm³/mol. The first-order valence-electron chi connectivity index (χ1n) is 5.43. The topological polar surface area (TPSA) is 76.7 Å². The van der Waals surface area contributed by atoms with Crippen LogP contribution in [-0.2, 0) is 4.79 Å². The van der Waals surface area contributed by atoms with Crippen molar-refractivity contribution in [2.24, 2.45) is 0 Å². The van der Waals surface area contributed by atoms with Crippen LogP contribution in [0.4, 0.5) is 0 Å². The number of carbonyl (C=O) groups is 2. The lowest BCUT2D eigenvalue weighted by atomic mass is 10.2. The van der Waals surface area contributed by atoms with Crippen LogP contribution in [-0.4, -0.2) is 26.0 Å². The average molecular weight is 252 g/mol. The molecule has 1 rings (SSSR count). The maximum Gasteiger partial charge on any atom is 0.269 e. The molecule has 0 aliphatic rings. The number of carbonyl (C=O) groups excluding carboxylic acids is 2. The third-order valence-corrected chi connectivity index (χ3v) is 2.28. The summed E-state index contributed by atoms with van der Waals surface area (Å²) in [4.78, 5) is 22.7. The Morgan fingerprint density at radius 3 is 2.33 bits per heavy atom. The van der Waals surface area contributed by atoms with E-state index in [9.17, 15) is 9.59 Å². The molecule has 0 bridgehead atoms. The van der Waals surface area contributed by atoms with Gasteiger partial charge in [0.15, 0.2) is 11.5 Å². The van der Waals surface area contributed by atoms with E-state index in [1.54, 1.807) is 19.1 Å². The van der Waals surface area contributed by atoms with Crippen molar-refractivity contribution in [2.75, 3.05) is 14.2 Å². The van der Waals surface area contributed by atoms with Crippen molar-refractivity contribution in [3.63, 3.8) is 0 Å². The van der Waals surface area contributed by atoms with Crippen molar-refractivity contribution in [1.29, 1.82) is 0 Å². The van der Waals surface area contributed by atoms with E-state index >= 15 is 0 Å². The summed E-state index contributed by atoms with van der Waals surface area (Å²) in [6, 6.07) is 4.73. The van der Waals surface area contributed by atoms with Gasteiger partial charge in [-0.15, -0.1) is 0 Å². The van der Waals surface area contributed by atoms with Crippen LogP contribution in [0, 0.1) is 0 Å². The molecular formula is C12H16N2O4. The smallest absolute Gasteiger partial charge is 0.269 e. The van der Waals surface area contributed by atoms with Crippen molar-refractivity contribution in [2.45, 2.75) is 13.3 Å². The van der Waals surface area contributed by atoms with Gasteiger partial charge in [0, 0.05) is 12.0 Å². The molecule has 0 saturated carbocycles. The van der Waals surface area contributed by atoms with E-state index in [4.69, 9.17) is 9.47 Å². The second-order valence-corrected chi connectivity index (χ2v) is 3.43. The summed E-state index contributed by atoms with van der Waals surface area (Å²) in [7, 11) is 3.00. The van der Waals surface area contributed by atoms with Crippen molar-refractivity contribution in [1.82, 2.24) is 10.9 Å². The summed E-state index contributed by atoms with van der Waals surface area (Å²) in [5.74, 6) is 0.306. The predicted octanol–water partition coefficient (Wildman–Crippen LogP) is 0.875. The standard InChI is InChI=1S/C12H16N2O4/c1-4-11(15)13-14-12(16)8-5-6-9(17-2)10(7-8)18-3/h5-7H,4H2,1-3H3,(H,13,15)(H,14,16). The fourth-order valence-corrected chi connectivity index (χ4v) is 1.26. The van der Waals surface area contributed by atoms with Crippen LogP contribution in [0.2, 0.25) is 0 Å². The van der Waals surface area contributed by atoms with Crippen LogP contribution in [0.1, 0.15) is 23.7 Å². The molecule has 0 aliphatic carbocycles. The first kappa shape index (κ1) is 13.8. The highest BCUT2D eigenvalue weighted by molar-refractivity contribution is 5.95. The Kier molecular flexibility index (Phi) is 4.98. The van der Waals surface area contributed by atoms with Crippen LogP contribution in [0.5, 0.6) is 11.5 Å². The molecule has 98 valence electrons. The summed E-state index contributed by atoms with van der Waals surface area (Å²) in [5.41, 5.74) is 4.95. The zero-order chi connectivity index (χ0) is 13.5. The van der Waals surface area contributed by atoms with Crippen molar-refractivity contribution < 1.29 is 19.1 Å². The molecule has 18 heavy (non-hydrogen) atoms. The van der Waals surface area contributed by atoms with Gasteiger partial charge in [-0.3, -0.25) is 20.4 Å². The van der Waals surface area contributed by atoms with Gasteiger partial charge in [0.2, 0.25) is 5.91 Å². The van der Waals surface area contributed by atoms with E-state index in [0.29, 0.717) is 23.5 Å². The average Bonchev–Trinajstić information content (AvgIpc) is 2.43. The molecule has 0 unspecified atom stereocenters. The molecule has 0 radical (unpaired) electrons. The molecule has 1 aromatic rings. The molecule has 6 heteroatoms. The fourth-order valence-electron chi connectivity index (χ4n) is 1.26. The zero-order valence-corrected chi connectivity index (χ0v) is 10.6. The van der Waals surface area contributed by atoms with Gasteiger partial charge in [0.25, 0.3) is 5.91 Å². The van der Waals surface area contributed by atoms with E-state index in [2.05, 4.69) is 10.9 Å². The lowest BCUT2D eigenvalue weighted by Crippen LogP contribution is -2.41. The summed E-state index contributed by atoms with van der Waals surface area (Å²) < 4.78 is 10.1. The number of rotatable bonds is 4. The second-order valence-electron chi connectivity index (χ2n) is 3.43. The van der Waals surface area contributed by atoms with Crippen molar-refractivity contribution in [3.8, 4) is 11.5 Å². The van der Waals surface area contributed by atoms with Crippen LogP contribution < -0.4 is 20.3 Å². The van der Waals surface area contributed by atoms with Gasteiger partial charge in [-0.05, 0) is 18.2 Å². The van der Waals surface area contributed by atoms with Gasteiger partial charge in [0.1, 0.15) is 0 Å². The lowest BCUT2D eigenvalue weighted by molar-refractivity contribution is -0.121. The second kappa shape index (κ2) is 6.48. The molecule has 2 N–H and O–H groups in total. The molecule has 2 amide bonds.